The maximum absolute atomic E-state index is 10.6. The summed E-state index contributed by atoms with van der Waals surface area (Å²) in [5, 5.41) is 11.2. The lowest BCUT2D eigenvalue weighted by Gasteiger charge is -2.43. The van der Waals surface area contributed by atoms with Crippen molar-refractivity contribution in [2.75, 3.05) is 24.7 Å². The molecule has 110 valence electrons. The minimum absolute atomic E-state index is 0.0954. The van der Waals surface area contributed by atoms with Gasteiger partial charge in [0.1, 0.15) is 0 Å². The summed E-state index contributed by atoms with van der Waals surface area (Å²) in [6, 6.07) is 0.228. The van der Waals surface area contributed by atoms with E-state index in [1.165, 1.54) is 0 Å². The Morgan fingerprint density at radius 1 is 1.45 bits per heavy atom. The molecule has 0 bridgehead atoms. The van der Waals surface area contributed by atoms with Crippen LogP contribution in [0.5, 0.6) is 0 Å². The summed E-state index contributed by atoms with van der Waals surface area (Å²) < 4.78 is 5.58. The molecule has 0 amide bonds. The first-order valence-electron chi connectivity index (χ1n) is 7.12. The van der Waals surface area contributed by atoms with E-state index in [2.05, 4.69) is 14.9 Å². The average molecular weight is 298 g/mol. The molecule has 3 atom stereocenters. The van der Waals surface area contributed by atoms with Gasteiger partial charge >= 0.3 is 0 Å². The molecule has 1 N–H and O–H groups in total. The Morgan fingerprint density at radius 2 is 2.20 bits per heavy atom. The highest BCUT2D eigenvalue weighted by Gasteiger charge is 2.44. The van der Waals surface area contributed by atoms with Crippen LogP contribution in [0.15, 0.2) is 12.4 Å². The Kier molecular flexibility index (Phi) is 3.84. The van der Waals surface area contributed by atoms with Gasteiger partial charge < -0.3 is 14.7 Å². The molecule has 20 heavy (non-hydrogen) atoms. The molecule has 0 saturated carbocycles. The van der Waals surface area contributed by atoms with E-state index >= 15 is 0 Å². The molecule has 3 rings (SSSR count). The van der Waals surface area contributed by atoms with Gasteiger partial charge in [0.15, 0.2) is 0 Å². The zero-order chi connectivity index (χ0) is 14.2. The number of aliphatic hydroxyl groups is 1. The Balaban J connectivity index is 1.83. The summed E-state index contributed by atoms with van der Waals surface area (Å²) >= 11 is 5.85. The smallest absolute Gasteiger partial charge is 0.225 e. The van der Waals surface area contributed by atoms with Crippen molar-refractivity contribution < 1.29 is 9.84 Å². The topological polar surface area (TPSA) is 58.5 Å². The third-order valence-corrected chi connectivity index (χ3v) is 4.67. The fourth-order valence-corrected chi connectivity index (χ4v) is 3.39. The van der Waals surface area contributed by atoms with Gasteiger partial charge in [-0.15, -0.1) is 0 Å². The second kappa shape index (κ2) is 5.47. The van der Waals surface area contributed by atoms with Gasteiger partial charge in [0.25, 0.3) is 0 Å². The zero-order valence-corrected chi connectivity index (χ0v) is 12.4. The summed E-state index contributed by atoms with van der Waals surface area (Å²) in [5.74, 6) is 0.788. The van der Waals surface area contributed by atoms with E-state index in [0.29, 0.717) is 30.6 Å². The summed E-state index contributed by atoms with van der Waals surface area (Å²) in [4.78, 5) is 10.8. The van der Waals surface area contributed by atoms with Crippen LogP contribution in [0, 0.1) is 5.92 Å². The number of hydrogen-bond donors (Lipinski definition) is 1. The van der Waals surface area contributed by atoms with Gasteiger partial charge in [0.05, 0.1) is 29.6 Å². The predicted octanol–water partition coefficient (Wildman–Crippen LogP) is 1.89. The van der Waals surface area contributed by atoms with E-state index in [9.17, 15) is 5.11 Å². The van der Waals surface area contributed by atoms with E-state index < -0.39 is 5.60 Å². The molecular formula is C14H20ClN3O2. The molecule has 2 aliphatic rings. The SMILES string of the molecule is C[C@]1(O)CCOC[C@H]1[C@H]1CCCN1c1ncc(Cl)cn1. The van der Waals surface area contributed by atoms with Gasteiger partial charge in [0.2, 0.25) is 5.95 Å². The van der Waals surface area contributed by atoms with E-state index in [1.807, 2.05) is 6.92 Å². The second-order valence-corrected chi connectivity index (χ2v) is 6.33. The average Bonchev–Trinajstić information content (AvgIpc) is 2.88. The maximum atomic E-state index is 10.6. The Bertz CT molecular complexity index is 466. The molecule has 3 heterocycles. The van der Waals surface area contributed by atoms with Crippen molar-refractivity contribution in [3.8, 4) is 0 Å². The molecule has 0 unspecified atom stereocenters. The Labute approximate surface area is 123 Å². The Hall–Kier alpha value is -0.910. The van der Waals surface area contributed by atoms with Gasteiger partial charge in [-0.05, 0) is 26.2 Å². The van der Waals surface area contributed by atoms with Crippen LogP contribution in [0.1, 0.15) is 26.2 Å². The van der Waals surface area contributed by atoms with Crippen LogP contribution < -0.4 is 4.90 Å². The van der Waals surface area contributed by atoms with Crippen molar-refractivity contribution in [3.63, 3.8) is 0 Å². The minimum atomic E-state index is -0.683. The lowest BCUT2D eigenvalue weighted by molar-refractivity contribution is -0.108. The lowest BCUT2D eigenvalue weighted by atomic mass is 9.79. The van der Waals surface area contributed by atoms with Gasteiger partial charge in [-0.2, -0.15) is 0 Å². The quantitative estimate of drug-likeness (QED) is 0.903. The van der Waals surface area contributed by atoms with Crippen molar-refractivity contribution in [1.29, 1.82) is 0 Å². The zero-order valence-electron chi connectivity index (χ0n) is 11.6. The van der Waals surface area contributed by atoms with Gasteiger partial charge in [-0.1, -0.05) is 11.6 Å². The largest absolute Gasteiger partial charge is 0.390 e. The number of anilines is 1. The third-order valence-electron chi connectivity index (χ3n) is 4.48. The monoisotopic (exact) mass is 297 g/mol. The number of aromatic nitrogens is 2. The molecule has 0 aliphatic carbocycles. The van der Waals surface area contributed by atoms with Crippen molar-refractivity contribution in [3.05, 3.63) is 17.4 Å². The molecule has 0 aromatic carbocycles. The summed E-state index contributed by atoms with van der Waals surface area (Å²) in [6.45, 7) is 4.06. The van der Waals surface area contributed by atoms with Gasteiger partial charge in [-0.25, -0.2) is 9.97 Å². The van der Waals surface area contributed by atoms with Gasteiger partial charge in [0, 0.05) is 25.1 Å². The van der Waals surface area contributed by atoms with Gasteiger partial charge in [-0.3, -0.25) is 0 Å². The molecular weight excluding hydrogens is 278 g/mol. The number of halogens is 1. The van der Waals surface area contributed by atoms with Crippen LogP contribution in [-0.4, -0.2) is 46.5 Å². The molecule has 1 aromatic heterocycles. The minimum Gasteiger partial charge on any atom is -0.390 e. The maximum Gasteiger partial charge on any atom is 0.225 e. The highest BCUT2D eigenvalue weighted by Crippen LogP contribution is 2.37. The molecule has 6 heteroatoms. The van der Waals surface area contributed by atoms with Crippen LogP contribution in [-0.2, 0) is 4.74 Å². The van der Waals surface area contributed by atoms with Crippen molar-refractivity contribution >= 4 is 17.5 Å². The number of hydrogen-bond acceptors (Lipinski definition) is 5. The van der Waals surface area contributed by atoms with Crippen LogP contribution in [0.25, 0.3) is 0 Å². The number of rotatable bonds is 2. The number of ether oxygens (including phenoxy) is 1. The first-order chi connectivity index (χ1) is 9.58. The lowest BCUT2D eigenvalue weighted by Crippen LogP contribution is -2.52. The van der Waals surface area contributed by atoms with Crippen molar-refractivity contribution in [1.82, 2.24) is 9.97 Å². The molecule has 2 saturated heterocycles. The van der Waals surface area contributed by atoms with E-state index in [-0.39, 0.29) is 12.0 Å². The molecule has 2 aliphatic heterocycles. The highest BCUT2D eigenvalue weighted by molar-refractivity contribution is 6.30. The summed E-state index contributed by atoms with van der Waals surface area (Å²) in [5.41, 5.74) is -0.683. The van der Waals surface area contributed by atoms with E-state index in [4.69, 9.17) is 16.3 Å². The Morgan fingerprint density at radius 3 is 2.90 bits per heavy atom. The predicted molar refractivity (Wildman–Crippen MR) is 77.0 cm³/mol. The van der Waals surface area contributed by atoms with Crippen molar-refractivity contribution in [2.45, 2.75) is 37.8 Å². The first kappa shape index (κ1) is 14.0. The fraction of sp³-hybridized carbons (Fsp3) is 0.714. The van der Waals surface area contributed by atoms with E-state index in [0.717, 1.165) is 19.4 Å². The number of nitrogens with zero attached hydrogens (tertiary/aromatic N) is 3. The molecule has 0 spiro atoms. The molecule has 0 radical (unpaired) electrons. The molecule has 2 fully saturated rings. The standard InChI is InChI=1S/C14H20ClN3O2/c1-14(19)4-6-20-9-11(14)12-3-2-5-18(12)13-16-7-10(15)8-17-13/h7-8,11-12,19H,2-6,9H2,1H3/t11-,12+,14-/m0/s1. The summed E-state index contributed by atoms with van der Waals surface area (Å²) in [6.07, 6.45) is 6.05. The van der Waals surface area contributed by atoms with Crippen LogP contribution in [0.4, 0.5) is 5.95 Å². The normalized spacial score (nSPS) is 34.5. The van der Waals surface area contributed by atoms with E-state index in [1.54, 1.807) is 12.4 Å². The fourth-order valence-electron chi connectivity index (χ4n) is 3.29. The van der Waals surface area contributed by atoms with Crippen molar-refractivity contribution in [2.24, 2.45) is 5.92 Å². The highest BCUT2D eigenvalue weighted by atomic mass is 35.5. The second-order valence-electron chi connectivity index (χ2n) is 5.89. The van der Waals surface area contributed by atoms with Crippen LogP contribution >= 0.6 is 11.6 Å². The van der Waals surface area contributed by atoms with Crippen LogP contribution in [0.2, 0.25) is 5.02 Å². The molecule has 5 nitrogen and oxygen atoms in total. The molecule has 1 aromatic rings. The summed E-state index contributed by atoms with van der Waals surface area (Å²) in [7, 11) is 0. The first-order valence-corrected chi connectivity index (χ1v) is 7.50. The third kappa shape index (κ3) is 2.62. The van der Waals surface area contributed by atoms with Crippen LogP contribution in [0.3, 0.4) is 0 Å².